The molecule has 0 aromatic heterocycles. The first-order valence-electron chi connectivity index (χ1n) is 23.8. The SMILES string of the molecule is CP1O[C@H]2C(O[C@@H]3OC(CO)[C@H](O[C@@H]4OC(CO[C@@H]5OC(CO)[C@H](O)[C@H](O)C5O[C@@H]5OC(COP(=O)(O)OCCN)[C@H](O)[C@H](O)C5[C@@H]5OC(CO)[C@H](O)[C@H](O)C5O)[C@H](O)[C@H](O)C4O)[C@H](O)C3N)C(O)[C@@H](O)C(O)[C@@H]2O1. The molecule has 34 nitrogen and oxygen atoms in total. The van der Waals surface area contributed by atoms with Crippen molar-refractivity contribution in [1.82, 2.24) is 0 Å². The molecule has 0 aromatic carbocycles. The number of phosphoric acid groups is 1. The zero-order valence-corrected chi connectivity index (χ0v) is 41.5. The smallest absolute Gasteiger partial charge is 0.394 e. The first-order chi connectivity index (χ1) is 35.4. The second-order valence-corrected chi connectivity index (χ2v) is 21.7. The van der Waals surface area contributed by atoms with Crippen LogP contribution in [0.15, 0.2) is 0 Å². The summed E-state index contributed by atoms with van der Waals surface area (Å²) in [5.74, 6) is -1.92. The molecule has 1 aliphatic carbocycles. The summed E-state index contributed by atoms with van der Waals surface area (Å²) < 4.78 is 85.9. The third-order valence-electron chi connectivity index (χ3n) is 14.1. The summed E-state index contributed by atoms with van der Waals surface area (Å²) in [6.07, 6.45) is -53.8. The molecule has 0 spiro atoms. The molecule has 15 unspecified atom stereocenters. The number of nitrogens with two attached hydrogens (primary N) is 2. The molecule has 7 rings (SSSR count). The topological polar surface area (TPSA) is 553 Å². The van der Waals surface area contributed by atoms with E-state index in [2.05, 4.69) is 4.52 Å². The van der Waals surface area contributed by atoms with Crippen molar-refractivity contribution in [3.8, 4) is 0 Å². The molecule has 1 saturated carbocycles. The summed E-state index contributed by atoms with van der Waals surface area (Å²) in [5, 5.41) is 184. The van der Waals surface area contributed by atoms with Crippen molar-refractivity contribution in [2.45, 2.75) is 184 Å². The molecule has 33 atom stereocenters. The van der Waals surface area contributed by atoms with Crippen molar-refractivity contribution in [3.05, 3.63) is 0 Å². The summed E-state index contributed by atoms with van der Waals surface area (Å²) in [4.78, 5) is 10.1. The Morgan fingerprint density at radius 2 is 0.947 bits per heavy atom. The molecule has 6 aliphatic heterocycles. The minimum atomic E-state index is -4.90. The number of rotatable bonds is 19. The van der Waals surface area contributed by atoms with Crippen LogP contribution in [0.5, 0.6) is 0 Å². The quantitative estimate of drug-likeness (QED) is 0.0534. The first kappa shape index (κ1) is 61.9. The van der Waals surface area contributed by atoms with Crippen molar-refractivity contribution < 1.29 is 157 Å². The highest BCUT2D eigenvalue weighted by Crippen LogP contribution is 2.51. The molecular formula is C39H70N2O32P2. The van der Waals surface area contributed by atoms with Crippen LogP contribution in [0.4, 0.5) is 0 Å². The van der Waals surface area contributed by atoms with E-state index < -0.39 is 246 Å². The third kappa shape index (κ3) is 13.0. The standard InChI is InChI=1S/C39H70N2O32P2/c1-74-72-33-28(57)24(53)27(56)32(35(33)73-74)70-37-15(41)21(50)30(11(6-44)66-37)69-38-29(58)23(52)19(48)12(68-38)7-61-39-34(25(54)17(46)10(5-43)65-39)71-36-14(31-26(55)22(51)16(45)9(4-42)64-31)20(49)18(47)13(67-36)8-63-75(59,60)62-3-2-40/h9-39,42-58H,2-8,40-41H2,1H3,(H,59,60)/t9?,10?,11?,12?,13?,14?,15?,16-,17-,18-,19-,20+,21+,22-,23-,24+,25-,26?,27?,28?,29?,30-,31-,32?,33-,34?,35-,36-,37-,38-,39+,74?/m0/s1. The summed E-state index contributed by atoms with van der Waals surface area (Å²) in [6.45, 7) is -3.98. The van der Waals surface area contributed by atoms with E-state index in [1.807, 2.05) is 0 Å². The number of aliphatic hydroxyl groups is 17. The van der Waals surface area contributed by atoms with Crippen LogP contribution in [0.1, 0.15) is 0 Å². The molecule has 6 heterocycles. The van der Waals surface area contributed by atoms with Gasteiger partial charge in [0.05, 0.1) is 63.8 Å². The maximum Gasteiger partial charge on any atom is 0.472 e. The molecular weight excluding hydrogens is 1070 g/mol. The Morgan fingerprint density at radius 3 is 1.60 bits per heavy atom. The minimum absolute atomic E-state index is 0.214. The molecule has 0 aromatic rings. The van der Waals surface area contributed by atoms with Gasteiger partial charge < -0.3 is 155 Å². The Labute approximate surface area is 426 Å². The second kappa shape index (κ2) is 26.1. The average Bonchev–Trinajstić information content (AvgIpc) is 3.78. The molecule has 7 fully saturated rings. The highest BCUT2D eigenvalue weighted by atomic mass is 31.2. The molecule has 0 bridgehead atoms. The van der Waals surface area contributed by atoms with Crippen LogP contribution in [0.25, 0.3) is 0 Å². The van der Waals surface area contributed by atoms with E-state index in [0.717, 1.165) is 0 Å². The zero-order valence-electron chi connectivity index (χ0n) is 39.7. The maximum absolute atomic E-state index is 12.5. The van der Waals surface area contributed by atoms with Crippen LogP contribution in [0.2, 0.25) is 0 Å². The number of aliphatic hydroxyl groups excluding tert-OH is 17. The van der Waals surface area contributed by atoms with Gasteiger partial charge >= 0.3 is 7.82 Å². The van der Waals surface area contributed by atoms with Crippen LogP contribution >= 0.6 is 16.2 Å². The van der Waals surface area contributed by atoms with Gasteiger partial charge in [-0.05, 0) is 0 Å². The monoisotopic (exact) mass is 1140 g/mol. The lowest BCUT2D eigenvalue weighted by atomic mass is 9.80. The van der Waals surface area contributed by atoms with Crippen molar-refractivity contribution in [3.63, 3.8) is 0 Å². The number of ether oxygens (including phenoxy) is 9. The fraction of sp³-hybridized carbons (Fsp3) is 1.00. The van der Waals surface area contributed by atoms with Crippen LogP contribution in [0, 0.1) is 5.92 Å². The van der Waals surface area contributed by atoms with Gasteiger partial charge in [-0.3, -0.25) is 9.05 Å². The van der Waals surface area contributed by atoms with Crippen LogP contribution < -0.4 is 11.5 Å². The lowest BCUT2D eigenvalue weighted by Crippen LogP contribution is -2.69. The molecule has 22 N–H and O–H groups in total. The van der Waals surface area contributed by atoms with E-state index in [1.165, 1.54) is 0 Å². The Morgan fingerprint density at radius 1 is 0.467 bits per heavy atom. The van der Waals surface area contributed by atoms with Gasteiger partial charge in [0.25, 0.3) is 0 Å². The molecule has 438 valence electrons. The lowest BCUT2D eigenvalue weighted by molar-refractivity contribution is -0.383. The van der Waals surface area contributed by atoms with E-state index in [9.17, 15) is 96.3 Å². The van der Waals surface area contributed by atoms with Crippen molar-refractivity contribution in [2.24, 2.45) is 17.4 Å². The van der Waals surface area contributed by atoms with Gasteiger partial charge in [-0.25, -0.2) is 4.57 Å². The number of phosphoric ester groups is 1. The van der Waals surface area contributed by atoms with Crippen molar-refractivity contribution in [2.75, 3.05) is 52.9 Å². The fourth-order valence-electron chi connectivity index (χ4n) is 9.85. The van der Waals surface area contributed by atoms with Crippen LogP contribution in [0.3, 0.4) is 0 Å². The van der Waals surface area contributed by atoms with Gasteiger partial charge in [-0.2, -0.15) is 0 Å². The van der Waals surface area contributed by atoms with Crippen LogP contribution in [-0.2, 0) is 65.3 Å². The van der Waals surface area contributed by atoms with Crippen LogP contribution in [-0.4, -0.2) is 328 Å². The van der Waals surface area contributed by atoms with Gasteiger partial charge in [0.15, 0.2) is 33.5 Å². The summed E-state index contributed by atoms with van der Waals surface area (Å²) in [5.41, 5.74) is 11.6. The Balaban J connectivity index is 1.08. The maximum atomic E-state index is 12.5. The number of fused-ring (bicyclic) bond motifs is 1. The first-order valence-corrected chi connectivity index (χ1v) is 26.9. The molecule has 6 saturated heterocycles. The van der Waals surface area contributed by atoms with E-state index in [1.54, 1.807) is 6.66 Å². The minimum Gasteiger partial charge on any atom is -0.394 e. The van der Waals surface area contributed by atoms with Gasteiger partial charge in [-0.1, -0.05) is 0 Å². The van der Waals surface area contributed by atoms with E-state index in [-0.39, 0.29) is 6.54 Å². The summed E-state index contributed by atoms with van der Waals surface area (Å²) in [6, 6.07) is -1.60. The van der Waals surface area contributed by atoms with Gasteiger partial charge in [0.1, 0.15) is 140 Å². The fourth-order valence-corrected chi connectivity index (χ4v) is 11.8. The number of hydrogen-bond acceptors (Lipinski definition) is 33. The Bertz CT molecular complexity index is 1850. The van der Waals surface area contributed by atoms with Gasteiger partial charge in [-0.15, -0.1) is 0 Å². The zero-order chi connectivity index (χ0) is 55.1. The number of hydrogen-bond donors (Lipinski definition) is 20. The van der Waals surface area contributed by atoms with Crippen molar-refractivity contribution in [1.29, 1.82) is 0 Å². The van der Waals surface area contributed by atoms with E-state index >= 15 is 0 Å². The molecule has 75 heavy (non-hydrogen) atoms. The molecule has 0 radical (unpaired) electrons. The third-order valence-corrected chi connectivity index (χ3v) is 16.1. The van der Waals surface area contributed by atoms with Gasteiger partial charge in [0, 0.05) is 13.2 Å². The summed E-state index contributed by atoms with van der Waals surface area (Å²) in [7, 11) is -6.48. The van der Waals surface area contributed by atoms with E-state index in [4.69, 9.17) is 67.7 Å². The second-order valence-electron chi connectivity index (χ2n) is 19.0. The Hall–Kier alpha value is -0.660. The highest BCUT2D eigenvalue weighted by Gasteiger charge is 2.60. The summed E-state index contributed by atoms with van der Waals surface area (Å²) >= 11 is 0. The predicted octanol–water partition coefficient (Wildman–Crippen LogP) is -12.4. The largest absolute Gasteiger partial charge is 0.472 e. The van der Waals surface area contributed by atoms with Crippen molar-refractivity contribution >= 4 is 16.2 Å². The lowest BCUT2D eigenvalue weighted by Gasteiger charge is -2.51. The van der Waals surface area contributed by atoms with Gasteiger partial charge in [0.2, 0.25) is 0 Å². The Kier molecular flexibility index (Phi) is 21.5. The average molecular weight is 1140 g/mol. The normalized spacial score (nSPS) is 52.5. The molecule has 0 amide bonds. The highest BCUT2D eigenvalue weighted by molar-refractivity contribution is 7.47. The van der Waals surface area contributed by atoms with E-state index in [0.29, 0.717) is 0 Å². The predicted molar refractivity (Wildman–Crippen MR) is 234 cm³/mol. The molecule has 7 aliphatic rings. The molecule has 36 heteroatoms.